The Labute approximate surface area is 373 Å². The standard InChI is InChI=1S/C58H36N6O/c1-4-16-37(17-5-1)39-30-32-40(33-31-39)57-59-49-27-15-26-48(54(49)65-57)56-60-55(42-21-14-20-41(36-42)38-18-6-2-7-19-38)61-58(62-56)64-51-29-13-11-25-45(51)47-35-34-46-44-24-10-12-28-50(44)63(52(46)53(47)64)43-22-8-3-9-23-43/h1-36H. The van der Waals surface area contributed by atoms with Crippen LogP contribution in [0.1, 0.15) is 0 Å². The lowest BCUT2D eigenvalue weighted by atomic mass is 10.0. The van der Waals surface area contributed by atoms with Gasteiger partial charge in [0.2, 0.25) is 11.8 Å². The Bertz CT molecular complexity index is 3930. The summed E-state index contributed by atoms with van der Waals surface area (Å²) < 4.78 is 11.3. The van der Waals surface area contributed by atoms with E-state index in [1.807, 2.05) is 30.3 Å². The maximum absolute atomic E-state index is 6.71. The number of rotatable bonds is 7. The third-order valence-electron chi connectivity index (χ3n) is 12.4. The lowest BCUT2D eigenvalue weighted by molar-refractivity contribution is 0.620. The van der Waals surface area contributed by atoms with Crippen LogP contribution in [0.5, 0.6) is 0 Å². The molecule has 13 aromatic rings. The van der Waals surface area contributed by atoms with Crippen LogP contribution in [-0.2, 0) is 0 Å². The zero-order valence-corrected chi connectivity index (χ0v) is 34.9. The minimum Gasteiger partial charge on any atom is -0.435 e. The van der Waals surface area contributed by atoms with Crippen molar-refractivity contribution in [3.63, 3.8) is 0 Å². The van der Waals surface area contributed by atoms with Crippen molar-refractivity contribution in [1.82, 2.24) is 29.1 Å². The molecule has 0 radical (unpaired) electrons. The van der Waals surface area contributed by atoms with E-state index in [4.69, 9.17) is 24.4 Å². The molecule has 0 unspecified atom stereocenters. The Morgan fingerprint density at radius 1 is 0.338 bits per heavy atom. The van der Waals surface area contributed by atoms with Crippen molar-refractivity contribution >= 4 is 54.7 Å². The molecule has 13 rings (SSSR count). The number of hydrogen-bond donors (Lipinski definition) is 0. The van der Waals surface area contributed by atoms with Crippen molar-refractivity contribution < 1.29 is 4.42 Å². The molecule has 0 N–H and O–H groups in total. The lowest BCUT2D eigenvalue weighted by Gasteiger charge is -2.13. The van der Waals surface area contributed by atoms with E-state index in [2.05, 4.69) is 197 Å². The molecule has 4 aromatic heterocycles. The molecule has 4 heterocycles. The Kier molecular flexibility index (Phi) is 8.39. The molecule has 0 aliphatic carbocycles. The average molecular weight is 833 g/mol. The summed E-state index contributed by atoms with van der Waals surface area (Å²) in [4.78, 5) is 21.1. The molecule has 9 aromatic carbocycles. The van der Waals surface area contributed by atoms with Gasteiger partial charge in [-0.1, -0.05) is 164 Å². The van der Waals surface area contributed by atoms with E-state index < -0.39 is 0 Å². The minimum atomic E-state index is 0.476. The average Bonchev–Trinajstić information content (AvgIpc) is 4.08. The van der Waals surface area contributed by atoms with Gasteiger partial charge in [0.05, 0.1) is 27.6 Å². The van der Waals surface area contributed by atoms with Gasteiger partial charge in [-0.2, -0.15) is 9.97 Å². The fourth-order valence-electron chi connectivity index (χ4n) is 9.42. The third kappa shape index (κ3) is 6.05. The summed E-state index contributed by atoms with van der Waals surface area (Å²) in [6.45, 7) is 0. The first kappa shape index (κ1) is 36.7. The first-order chi connectivity index (χ1) is 32.2. The van der Waals surface area contributed by atoms with E-state index in [1.165, 1.54) is 5.39 Å². The molecule has 0 bridgehead atoms. The van der Waals surface area contributed by atoms with Crippen LogP contribution in [0.2, 0.25) is 0 Å². The molecule has 0 amide bonds. The van der Waals surface area contributed by atoms with E-state index in [9.17, 15) is 0 Å². The van der Waals surface area contributed by atoms with Crippen LogP contribution in [0, 0.1) is 0 Å². The molecule has 7 nitrogen and oxygen atoms in total. The van der Waals surface area contributed by atoms with Gasteiger partial charge in [0.15, 0.2) is 17.2 Å². The number of benzene rings is 9. The summed E-state index contributed by atoms with van der Waals surface area (Å²) in [6, 6.07) is 75.7. The Morgan fingerprint density at radius 3 is 1.57 bits per heavy atom. The van der Waals surface area contributed by atoms with Crippen LogP contribution in [0.15, 0.2) is 223 Å². The third-order valence-corrected chi connectivity index (χ3v) is 12.4. The van der Waals surface area contributed by atoms with Gasteiger partial charge in [0, 0.05) is 38.4 Å². The smallest absolute Gasteiger partial charge is 0.238 e. The van der Waals surface area contributed by atoms with Crippen LogP contribution < -0.4 is 0 Å². The highest BCUT2D eigenvalue weighted by Gasteiger charge is 2.24. The van der Waals surface area contributed by atoms with E-state index >= 15 is 0 Å². The second-order valence-electron chi connectivity index (χ2n) is 16.2. The molecule has 0 spiro atoms. The minimum absolute atomic E-state index is 0.476. The summed E-state index contributed by atoms with van der Waals surface area (Å²) in [5, 5.41) is 4.51. The van der Waals surface area contributed by atoms with Crippen LogP contribution in [0.25, 0.3) is 123 Å². The highest BCUT2D eigenvalue weighted by molar-refractivity contribution is 6.23. The van der Waals surface area contributed by atoms with Gasteiger partial charge >= 0.3 is 0 Å². The van der Waals surface area contributed by atoms with Crippen LogP contribution in [0.3, 0.4) is 0 Å². The highest BCUT2D eigenvalue weighted by Crippen LogP contribution is 2.42. The normalized spacial score (nSPS) is 11.7. The van der Waals surface area contributed by atoms with Crippen molar-refractivity contribution in [2.75, 3.05) is 0 Å². The Balaban J connectivity index is 1.08. The van der Waals surface area contributed by atoms with Crippen molar-refractivity contribution in [2.45, 2.75) is 0 Å². The summed E-state index contributed by atoms with van der Waals surface area (Å²) >= 11 is 0. The maximum atomic E-state index is 6.71. The second-order valence-corrected chi connectivity index (χ2v) is 16.2. The van der Waals surface area contributed by atoms with Crippen molar-refractivity contribution in [3.05, 3.63) is 218 Å². The predicted molar refractivity (Wildman–Crippen MR) is 263 cm³/mol. The number of oxazole rings is 1. The van der Waals surface area contributed by atoms with Crippen LogP contribution >= 0.6 is 0 Å². The zero-order chi connectivity index (χ0) is 42.8. The monoisotopic (exact) mass is 832 g/mol. The summed E-state index contributed by atoms with van der Waals surface area (Å²) in [5.41, 5.74) is 13.5. The number of aromatic nitrogens is 6. The largest absolute Gasteiger partial charge is 0.435 e. The van der Waals surface area contributed by atoms with Gasteiger partial charge in [-0.25, -0.2) is 9.97 Å². The molecule has 0 atom stereocenters. The molecule has 7 heteroatoms. The second kappa shape index (κ2) is 14.9. The lowest BCUT2D eigenvalue weighted by Crippen LogP contribution is -2.07. The van der Waals surface area contributed by atoms with Gasteiger partial charge in [-0.3, -0.25) is 4.57 Å². The molecule has 0 saturated carbocycles. The quantitative estimate of drug-likeness (QED) is 0.160. The van der Waals surface area contributed by atoms with Crippen LogP contribution in [-0.4, -0.2) is 29.1 Å². The number of fused-ring (bicyclic) bond motifs is 8. The topological polar surface area (TPSA) is 74.6 Å². The molecule has 0 saturated heterocycles. The molecular weight excluding hydrogens is 797 g/mol. The summed E-state index contributed by atoms with van der Waals surface area (Å²) in [5.74, 6) is 2.03. The van der Waals surface area contributed by atoms with E-state index in [0.29, 0.717) is 34.6 Å². The van der Waals surface area contributed by atoms with Gasteiger partial charge in [-0.05, 0) is 76.9 Å². The Hall–Kier alpha value is -8.94. The van der Waals surface area contributed by atoms with Gasteiger partial charge < -0.3 is 8.98 Å². The number of para-hydroxylation sites is 4. The zero-order valence-electron chi connectivity index (χ0n) is 34.9. The van der Waals surface area contributed by atoms with Gasteiger partial charge in [-0.15, -0.1) is 0 Å². The molecule has 65 heavy (non-hydrogen) atoms. The van der Waals surface area contributed by atoms with Crippen LogP contribution in [0.4, 0.5) is 0 Å². The molecule has 0 fully saturated rings. The van der Waals surface area contributed by atoms with E-state index in [1.54, 1.807) is 0 Å². The molecule has 304 valence electrons. The predicted octanol–water partition coefficient (Wildman–Crippen LogP) is 14.5. The van der Waals surface area contributed by atoms with Gasteiger partial charge in [0.25, 0.3) is 0 Å². The van der Waals surface area contributed by atoms with Gasteiger partial charge in [0.1, 0.15) is 5.52 Å². The van der Waals surface area contributed by atoms with E-state index in [-0.39, 0.29) is 0 Å². The molecular formula is C58H36N6O. The number of nitrogens with zero attached hydrogens (tertiary/aromatic N) is 6. The van der Waals surface area contributed by atoms with Crippen molar-refractivity contribution in [2.24, 2.45) is 0 Å². The Morgan fingerprint density at radius 2 is 0.862 bits per heavy atom. The van der Waals surface area contributed by atoms with Crippen molar-refractivity contribution in [1.29, 1.82) is 0 Å². The first-order valence-electron chi connectivity index (χ1n) is 21.7. The maximum Gasteiger partial charge on any atom is 0.238 e. The first-order valence-corrected chi connectivity index (χ1v) is 21.7. The SMILES string of the molecule is c1ccc(-c2ccc(-c3nc4cccc(-c5nc(-c6cccc(-c7ccccc7)c6)nc(-n6c7ccccc7c7ccc8c9ccccc9n(-c9ccccc9)c8c76)n5)c4o3)cc2)cc1. The summed E-state index contributed by atoms with van der Waals surface area (Å²) in [7, 11) is 0. The fourth-order valence-corrected chi connectivity index (χ4v) is 9.42. The van der Waals surface area contributed by atoms with Crippen molar-refractivity contribution in [3.8, 4) is 68.1 Å². The molecule has 0 aliphatic rings. The summed E-state index contributed by atoms with van der Waals surface area (Å²) in [6.07, 6.45) is 0. The number of hydrogen-bond acceptors (Lipinski definition) is 5. The molecule has 0 aliphatic heterocycles. The van der Waals surface area contributed by atoms with E-state index in [0.717, 1.165) is 82.9 Å². The highest BCUT2D eigenvalue weighted by atomic mass is 16.3. The fraction of sp³-hybridized carbons (Fsp3) is 0.